The molecule has 23 heavy (non-hydrogen) atoms. The second-order valence-corrected chi connectivity index (χ2v) is 5.26. The molecular weight excluding hydrogens is 292 g/mol. The number of rotatable bonds is 5. The number of carbonyl (C=O) groups excluding carboxylic acids is 2. The van der Waals surface area contributed by atoms with E-state index in [4.69, 9.17) is 4.74 Å². The van der Waals surface area contributed by atoms with E-state index in [9.17, 15) is 9.59 Å². The normalized spacial score (nSPS) is 10.0. The lowest BCUT2D eigenvalue weighted by Gasteiger charge is -2.13. The number of methoxy groups -OCH3 is 1. The van der Waals surface area contributed by atoms with E-state index in [2.05, 4.69) is 10.6 Å². The third kappa shape index (κ3) is 4.32. The minimum Gasteiger partial charge on any atom is -0.465 e. The second kappa shape index (κ2) is 7.45. The van der Waals surface area contributed by atoms with Crippen LogP contribution in [-0.2, 0) is 9.53 Å². The van der Waals surface area contributed by atoms with Crippen molar-refractivity contribution in [1.82, 2.24) is 0 Å². The molecule has 0 spiro atoms. The molecule has 0 fully saturated rings. The van der Waals surface area contributed by atoms with Gasteiger partial charge in [-0.1, -0.05) is 29.8 Å². The first-order valence-corrected chi connectivity index (χ1v) is 7.29. The molecule has 5 nitrogen and oxygen atoms in total. The molecule has 0 atom stereocenters. The maximum absolute atomic E-state index is 12.0. The van der Waals surface area contributed by atoms with E-state index in [-0.39, 0.29) is 12.5 Å². The quantitative estimate of drug-likeness (QED) is 0.832. The zero-order valence-electron chi connectivity index (χ0n) is 13.5. The number of nitrogens with one attached hydrogen (secondary N) is 2. The molecule has 5 heteroatoms. The molecule has 0 aliphatic carbocycles. The number of carbonyl (C=O) groups is 2. The fourth-order valence-electron chi connectivity index (χ4n) is 2.21. The van der Waals surface area contributed by atoms with Crippen molar-refractivity contribution in [2.24, 2.45) is 0 Å². The topological polar surface area (TPSA) is 67.4 Å². The Bertz CT molecular complexity index is 709. The van der Waals surface area contributed by atoms with Crippen LogP contribution in [0.3, 0.4) is 0 Å². The fraction of sp³-hybridized carbons (Fsp3) is 0.222. The summed E-state index contributed by atoms with van der Waals surface area (Å²) < 4.78 is 4.79. The van der Waals surface area contributed by atoms with Crippen LogP contribution < -0.4 is 10.6 Å². The molecule has 2 N–H and O–H groups in total. The standard InChI is InChI=1S/C18H20N2O3/c1-12-7-9-14(10-8-12)20-16(21)11-19-15-6-4-5-13(2)17(15)18(22)23-3/h4-10,19H,11H2,1-3H3,(H,20,21). The molecule has 0 bridgehead atoms. The Morgan fingerprint density at radius 1 is 1.04 bits per heavy atom. The summed E-state index contributed by atoms with van der Waals surface area (Å²) in [4.78, 5) is 23.9. The van der Waals surface area contributed by atoms with E-state index >= 15 is 0 Å². The number of aryl methyl sites for hydroxylation is 2. The van der Waals surface area contributed by atoms with E-state index in [0.29, 0.717) is 11.3 Å². The predicted octanol–water partition coefficient (Wildman–Crippen LogP) is 3.14. The zero-order chi connectivity index (χ0) is 16.8. The third-order valence-corrected chi connectivity index (χ3v) is 3.44. The number of benzene rings is 2. The molecule has 0 unspecified atom stereocenters. The van der Waals surface area contributed by atoms with Crippen LogP contribution in [0.25, 0.3) is 0 Å². The van der Waals surface area contributed by atoms with Gasteiger partial charge in [0.05, 0.1) is 19.2 Å². The SMILES string of the molecule is COC(=O)c1c(C)cccc1NCC(=O)Nc1ccc(C)cc1. The Balaban J connectivity index is 2.03. The number of amides is 1. The summed E-state index contributed by atoms with van der Waals surface area (Å²) in [5, 5.41) is 5.79. The van der Waals surface area contributed by atoms with Crippen molar-refractivity contribution in [2.75, 3.05) is 24.3 Å². The maximum Gasteiger partial charge on any atom is 0.340 e. The number of hydrogen-bond donors (Lipinski definition) is 2. The molecule has 0 radical (unpaired) electrons. The molecule has 0 aromatic heterocycles. The Labute approximate surface area is 135 Å². The highest BCUT2D eigenvalue weighted by atomic mass is 16.5. The summed E-state index contributed by atoms with van der Waals surface area (Å²) in [5.74, 6) is -0.615. The Kier molecular flexibility index (Phi) is 5.36. The van der Waals surface area contributed by atoms with Gasteiger partial charge in [0, 0.05) is 11.4 Å². The molecule has 120 valence electrons. The van der Waals surface area contributed by atoms with Crippen molar-refractivity contribution in [1.29, 1.82) is 0 Å². The monoisotopic (exact) mass is 312 g/mol. The van der Waals surface area contributed by atoms with Crippen molar-refractivity contribution in [3.8, 4) is 0 Å². The average molecular weight is 312 g/mol. The minimum atomic E-state index is -0.426. The van der Waals surface area contributed by atoms with Crippen molar-refractivity contribution in [2.45, 2.75) is 13.8 Å². The summed E-state index contributed by atoms with van der Waals surface area (Å²) >= 11 is 0. The van der Waals surface area contributed by atoms with Gasteiger partial charge in [-0.25, -0.2) is 4.79 Å². The zero-order valence-corrected chi connectivity index (χ0v) is 13.5. The van der Waals surface area contributed by atoms with E-state index in [1.165, 1.54) is 7.11 Å². The number of anilines is 2. The van der Waals surface area contributed by atoms with Crippen LogP contribution in [0.4, 0.5) is 11.4 Å². The molecule has 1 amide bonds. The fourth-order valence-corrected chi connectivity index (χ4v) is 2.21. The van der Waals surface area contributed by atoms with Crippen LogP contribution in [0.15, 0.2) is 42.5 Å². The van der Waals surface area contributed by atoms with Crippen molar-refractivity contribution in [3.05, 3.63) is 59.2 Å². The molecule has 2 rings (SSSR count). The largest absolute Gasteiger partial charge is 0.465 e. The van der Waals surface area contributed by atoms with Gasteiger partial charge in [0.25, 0.3) is 0 Å². The number of esters is 1. The van der Waals surface area contributed by atoms with Gasteiger partial charge >= 0.3 is 5.97 Å². The summed E-state index contributed by atoms with van der Waals surface area (Å²) in [7, 11) is 1.34. The summed E-state index contributed by atoms with van der Waals surface area (Å²) in [6.07, 6.45) is 0. The first kappa shape index (κ1) is 16.5. The first-order chi connectivity index (χ1) is 11.0. The van der Waals surface area contributed by atoms with E-state index < -0.39 is 5.97 Å². The summed E-state index contributed by atoms with van der Waals surface area (Å²) in [6.45, 7) is 3.87. The molecular formula is C18H20N2O3. The van der Waals surface area contributed by atoms with Gasteiger partial charge in [0.1, 0.15) is 0 Å². The van der Waals surface area contributed by atoms with Crippen molar-refractivity contribution >= 4 is 23.3 Å². The van der Waals surface area contributed by atoms with Crippen LogP contribution in [0, 0.1) is 13.8 Å². The van der Waals surface area contributed by atoms with Gasteiger partial charge < -0.3 is 15.4 Å². The Hall–Kier alpha value is -2.82. The molecule has 0 aliphatic heterocycles. The van der Waals surface area contributed by atoms with Crippen LogP contribution in [-0.4, -0.2) is 25.5 Å². The average Bonchev–Trinajstić information content (AvgIpc) is 2.54. The molecule has 0 saturated carbocycles. The molecule has 0 aliphatic rings. The first-order valence-electron chi connectivity index (χ1n) is 7.29. The lowest BCUT2D eigenvalue weighted by molar-refractivity contribution is -0.114. The van der Waals surface area contributed by atoms with Crippen LogP contribution >= 0.6 is 0 Å². The third-order valence-electron chi connectivity index (χ3n) is 3.44. The highest BCUT2D eigenvalue weighted by molar-refractivity contribution is 5.99. The van der Waals surface area contributed by atoms with Gasteiger partial charge in [-0.05, 0) is 37.6 Å². The van der Waals surface area contributed by atoms with Gasteiger partial charge in [0.15, 0.2) is 0 Å². The van der Waals surface area contributed by atoms with Gasteiger partial charge in [-0.3, -0.25) is 4.79 Å². The van der Waals surface area contributed by atoms with E-state index in [0.717, 1.165) is 16.8 Å². The highest BCUT2D eigenvalue weighted by Gasteiger charge is 2.15. The van der Waals surface area contributed by atoms with Gasteiger partial charge in [-0.15, -0.1) is 0 Å². The van der Waals surface area contributed by atoms with Gasteiger partial charge in [-0.2, -0.15) is 0 Å². The van der Waals surface area contributed by atoms with Crippen LogP contribution in [0.2, 0.25) is 0 Å². The van der Waals surface area contributed by atoms with Gasteiger partial charge in [0.2, 0.25) is 5.91 Å². The van der Waals surface area contributed by atoms with Crippen LogP contribution in [0.5, 0.6) is 0 Å². The number of hydrogen-bond acceptors (Lipinski definition) is 4. The summed E-state index contributed by atoms with van der Waals surface area (Å²) in [6, 6.07) is 12.9. The minimum absolute atomic E-state index is 0.0569. The van der Waals surface area contributed by atoms with E-state index in [1.807, 2.05) is 50.2 Å². The Morgan fingerprint density at radius 3 is 2.39 bits per heavy atom. The molecule has 2 aromatic rings. The van der Waals surface area contributed by atoms with Crippen molar-refractivity contribution in [3.63, 3.8) is 0 Å². The predicted molar refractivity (Wildman–Crippen MR) is 90.8 cm³/mol. The van der Waals surface area contributed by atoms with E-state index in [1.54, 1.807) is 6.07 Å². The smallest absolute Gasteiger partial charge is 0.340 e. The maximum atomic E-state index is 12.0. The molecule has 0 saturated heterocycles. The van der Waals surface area contributed by atoms with Crippen molar-refractivity contribution < 1.29 is 14.3 Å². The number of ether oxygens (including phenoxy) is 1. The van der Waals surface area contributed by atoms with Crippen LogP contribution in [0.1, 0.15) is 21.5 Å². The second-order valence-electron chi connectivity index (χ2n) is 5.26. The molecule has 0 heterocycles. The lowest BCUT2D eigenvalue weighted by Crippen LogP contribution is -2.23. The Morgan fingerprint density at radius 2 is 1.74 bits per heavy atom. The highest BCUT2D eigenvalue weighted by Crippen LogP contribution is 2.20. The lowest BCUT2D eigenvalue weighted by atomic mass is 10.1. The summed E-state index contributed by atoms with van der Waals surface area (Å²) in [5.41, 5.74) is 3.68. The molecule has 2 aromatic carbocycles.